The number of hydrogen-bond acceptors (Lipinski definition) is 5. The molecule has 0 unspecified atom stereocenters. The van der Waals surface area contributed by atoms with Crippen LogP contribution in [0.3, 0.4) is 0 Å². The van der Waals surface area contributed by atoms with Crippen molar-refractivity contribution in [3.63, 3.8) is 0 Å². The molecule has 1 N–H and O–H groups in total. The predicted molar refractivity (Wildman–Crippen MR) is 109 cm³/mol. The minimum Gasteiger partial charge on any atom is -0.372 e. The highest BCUT2D eigenvalue weighted by Gasteiger charge is 2.07. The van der Waals surface area contributed by atoms with Gasteiger partial charge in [0.05, 0.1) is 5.69 Å². The first kappa shape index (κ1) is 18.4. The monoisotopic (exact) mass is 404 g/mol. The van der Waals surface area contributed by atoms with Crippen molar-refractivity contribution in [2.24, 2.45) is 0 Å². The van der Waals surface area contributed by atoms with Crippen LogP contribution in [0.15, 0.2) is 54.0 Å². The molecule has 0 radical (unpaired) electrons. The molecule has 0 atom stereocenters. The molecule has 0 aliphatic rings. The van der Waals surface area contributed by atoms with Crippen LogP contribution in [-0.2, 0) is 0 Å². The van der Waals surface area contributed by atoms with Crippen molar-refractivity contribution in [2.75, 3.05) is 23.3 Å². The first-order chi connectivity index (χ1) is 11.3. The number of benzene rings is 1. The Morgan fingerprint density at radius 3 is 2.42 bits per heavy atom. The number of nitrogens with zero attached hydrogens (tertiary/aromatic N) is 3. The summed E-state index contributed by atoms with van der Waals surface area (Å²) >= 11 is 1.59. The molecule has 2 heterocycles. The number of rotatable bonds is 6. The maximum Gasteiger partial charge on any atom is 0.188 e. The summed E-state index contributed by atoms with van der Waals surface area (Å²) in [7, 11) is 0. The standard InChI is InChI=1S/C18H20N4S.BrH/c1-3-22(4-2)15-10-8-14(9-11-15)16-13-23-18(20-16)21-17-7-5-6-12-19-17;/h5-13H,3-4H2,1-2H3,(H,19,20,21);1H. The molecule has 0 saturated carbocycles. The highest BCUT2D eigenvalue weighted by atomic mass is 79.9. The molecule has 24 heavy (non-hydrogen) atoms. The van der Waals surface area contributed by atoms with Gasteiger partial charge in [0, 0.05) is 35.9 Å². The van der Waals surface area contributed by atoms with Gasteiger partial charge in [-0.05, 0) is 38.1 Å². The van der Waals surface area contributed by atoms with Crippen LogP contribution in [0.5, 0.6) is 0 Å². The summed E-state index contributed by atoms with van der Waals surface area (Å²) in [6.45, 7) is 6.39. The zero-order valence-corrected chi connectivity index (χ0v) is 16.3. The zero-order valence-electron chi connectivity index (χ0n) is 13.8. The van der Waals surface area contributed by atoms with E-state index in [1.165, 1.54) is 5.69 Å². The van der Waals surface area contributed by atoms with E-state index in [1.807, 2.05) is 18.2 Å². The van der Waals surface area contributed by atoms with E-state index in [1.54, 1.807) is 17.5 Å². The Morgan fingerprint density at radius 1 is 1.04 bits per heavy atom. The van der Waals surface area contributed by atoms with Crippen LogP contribution in [0, 0.1) is 0 Å². The Morgan fingerprint density at radius 2 is 1.79 bits per heavy atom. The van der Waals surface area contributed by atoms with Crippen molar-refractivity contribution < 1.29 is 0 Å². The van der Waals surface area contributed by atoms with Crippen molar-refractivity contribution in [2.45, 2.75) is 13.8 Å². The number of anilines is 3. The van der Waals surface area contributed by atoms with Crippen LogP contribution in [-0.4, -0.2) is 23.1 Å². The molecule has 1 aromatic carbocycles. The van der Waals surface area contributed by atoms with Crippen molar-refractivity contribution in [3.8, 4) is 11.3 Å². The van der Waals surface area contributed by atoms with E-state index in [9.17, 15) is 0 Å². The van der Waals surface area contributed by atoms with E-state index in [2.05, 4.69) is 63.7 Å². The van der Waals surface area contributed by atoms with Crippen LogP contribution < -0.4 is 10.2 Å². The van der Waals surface area contributed by atoms with E-state index in [0.717, 1.165) is 35.3 Å². The lowest BCUT2D eigenvalue weighted by Gasteiger charge is -2.20. The Hall–Kier alpha value is -1.92. The van der Waals surface area contributed by atoms with Crippen molar-refractivity contribution in [1.29, 1.82) is 0 Å². The fourth-order valence-corrected chi connectivity index (χ4v) is 3.17. The molecule has 0 aliphatic heterocycles. The third-order valence-corrected chi connectivity index (χ3v) is 4.45. The summed E-state index contributed by atoms with van der Waals surface area (Å²) in [5, 5.41) is 6.15. The van der Waals surface area contributed by atoms with Gasteiger partial charge in [0.2, 0.25) is 0 Å². The van der Waals surface area contributed by atoms with Crippen LogP contribution in [0.2, 0.25) is 0 Å². The number of pyridine rings is 1. The van der Waals surface area contributed by atoms with Gasteiger partial charge in [-0.3, -0.25) is 0 Å². The molecule has 0 amide bonds. The number of hydrogen-bond donors (Lipinski definition) is 1. The molecule has 2 aromatic heterocycles. The maximum absolute atomic E-state index is 4.64. The van der Waals surface area contributed by atoms with Gasteiger partial charge < -0.3 is 10.2 Å². The second-order valence-electron chi connectivity index (χ2n) is 5.10. The number of halogens is 1. The average Bonchev–Trinajstić information content (AvgIpc) is 3.06. The second kappa shape index (κ2) is 8.80. The van der Waals surface area contributed by atoms with Crippen molar-refractivity contribution in [1.82, 2.24) is 9.97 Å². The lowest BCUT2D eigenvalue weighted by atomic mass is 10.1. The molecule has 4 nitrogen and oxygen atoms in total. The summed E-state index contributed by atoms with van der Waals surface area (Å²) in [6.07, 6.45) is 1.77. The van der Waals surface area contributed by atoms with Gasteiger partial charge in [-0.15, -0.1) is 28.3 Å². The van der Waals surface area contributed by atoms with E-state index in [4.69, 9.17) is 0 Å². The molecule has 0 saturated heterocycles. The first-order valence-corrected chi connectivity index (χ1v) is 8.67. The Kier molecular flexibility index (Phi) is 6.75. The average molecular weight is 405 g/mol. The van der Waals surface area contributed by atoms with Gasteiger partial charge in [-0.1, -0.05) is 18.2 Å². The SMILES string of the molecule is Br.CCN(CC)c1ccc(-c2csc(Nc3ccccn3)n2)cc1. The topological polar surface area (TPSA) is 41.0 Å². The quantitative estimate of drug-likeness (QED) is 0.599. The van der Waals surface area contributed by atoms with Gasteiger partial charge in [-0.2, -0.15) is 0 Å². The van der Waals surface area contributed by atoms with Crippen LogP contribution >= 0.6 is 28.3 Å². The van der Waals surface area contributed by atoms with E-state index in [0.29, 0.717) is 0 Å². The van der Waals surface area contributed by atoms with Gasteiger partial charge in [-0.25, -0.2) is 9.97 Å². The van der Waals surface area contributed by atoms with E-state index >= 15 is 0 Å². The Labute approximate surface area is 157 Å². The third-order valence-electron chi connectivity index (χ3n) is 3.70. The summed E-state index contributed by atoms with van der Waals surface area (Å²) < 4.78 is 0. The molecule has 3 rings (SSSR count). The van der Waals surface area contributed by atoms with E-state index < -0.39 is 0 Å². The highest BCUT2D eigenvalue weighted by Crippen LogP contribution is 2.28. The van der Waals surface area contributed by atoms with E-state index in [-0.39, 0.29) is 17.0 Å². The molecule has 3 aromatic rings. The van der Waals surface area contributed by atoms with Crippen molar-refractivity contribution in [3.05, 3.63) is 54.0 Å². The third kappa shape index (κ3) is 4.33. The fraction of sp³-hybridized carbons (Fsp3) is 0.222. The molecular weight excluding hydrogens is 384 g/mol. The summed E-state index contributed by atoms with van der Waals surface area (Å²) in [4.78, 5) is 11.2. The lowest BCUT2D eigenvalue weighted by molar-refractivity contribution is 0.866. The number of thiazole rings is 1. The van der Waals surface area contributed by atoms with Crippen molar-refractivity contribution >= 4 is 45.0 Å². The smallest absolute Gasteiger partial charge is 0.188 e. The molecule has 0 spiro atoms. The maximum atomic E-state index is 4.64. The predicted octanol–water partition coefficient (Wildman–Crippen LogP) is 5.37. The highest BCUT2D eigenvalue weighted by molar-refractivity contribution is 8.93. The largest absolute Gasteiger partial charge is 0.372 e. The van der Waals surface area contributed by atoms with Gasteiger partial charge in [0.1, 0.15) is 5.82 Å². The minimum absolute atomic E-state index is 0. The van der Waals surface area contributed by atoms with Gasteiger partial charge in [0.15, 0.2) is 5.13 Å². The zero-order chi connectivity index (χ0) is 16.1. The molecular formula is C18H21BrN4S. The molecule has 126 valence electrons. The van der Waals surface area contributed by atoms with Gasteiger partial charge in [0.25, 0.3) is 0 Å². The number of nitrogens with one attached hydrogen (secondary N) is 1. The fourth-order valence-electron chi connectivity index (χ4n) is 2.44. The van der Waals surface area contributed by atoms with Crippen LogP contribution in [0.4, 0.5) is 16.6 Å². The Balaban J connectivity index is 0.00000208. The normalized spacial score (nSPS) is 10.1. The molecule has 0 fully saturated rings. The second-order valence-corrected chi connectivity index (χ2v) is 5.96. The van der Waals surface area contributed by atoms with Crippen LogP contribution in [0.25, 0.3) is 11.3 Å². The lowest BCUT2D eigenvalue weighted by Crippen LogP contribution is -2.21. The summed E-state index contributed by atoms with van der Waals surface area (Å²) in [5.74, 6) is 0.810. The molecule has 0 bridgehead atoms. The van der Waals surface area contributed by atoms with Gasteiger partial charge >= 0.3 is 0 Å². The number of aromatic nitrogens is 2. The Bertz CT molecular complexity index is 739. The summed E-state index contributed by atoms with van der Waals surface area (Å²) in [6, 6.07) is 14.4. The molecule has 0 aliphatic carbocycles. The molecule has 6 heteroatoms. The minimum atomic E-state index is 0. The summed E-state index contributed by atoms with van der Waals surface area (Å²) in [5.41, 5.74) is 3.37. The first-order valence-electron chi connectivity index (χ1n) is 7.79. The van der Waals surface area contributed by atoms with Crippen LogP contribution in [0.1, 0.15) is 13.8 Å².